The standard InChI is InChI=1S/C19H22N4O3/c1-20-18(24)17-10-16(26-15-8-5-9-21-12-15)13-23(17)19(25)22-11-14-6-3-2-4-7-14/h2-9,12,16-17H,10-11,13H2,1H3,(H,20,24)(H,22,25)/t16-,17-/m0/s1. The minimum absolute atomic E-state index is 0.197. The highest BCUT2D eigenvalue weighted by atomic mass is 16.5. The first kappa shape index (κ1) is 17.7. The highest BCUT2D eigenvalue weighted by Gasteiger charge is 2.40. The molecule has 3 rings (SSSR count). The zero-order valence-corrected chi connectivity index (χ0v) is 14.6. The Hall–Kier alpha value is -3.09. The molecule has 2 atom stereocenters. The van der Waals surface area contributed by atoms with E-state index in [1.165, 1.54) is 4.90 Å². The predicted molar refractivity (Wildman–Crippen MR) is 96.5 cm³/mol. The summed E-state index contributed by atoms with van der Waals surface area (Å²) in [6.45, 7) is 0.748. The summed E-state index contributed by atoms with van der Waals surface area (Å²) in [5.41, 5.74) is 1.000. The number of ether oxygens (including phenoxy) is 1. The molecule has 1 aliphatic heterocycles. The number of amides is 3. The van der Waals surface area contributed by atoms with Gasteiger partial charge >= 0.3 is 6.03 Å². The third-order valence-corrected chi connectivity index (χ3v) is 4.30. The molecule has 1 aliphatic rings. The van der Waals surface area contributed by atoms with Gasteiger partial charge in [-0.1, -0.05) is 30.3 Å². The summed E-state index contributed by atoms with van der Waals surface area (Å²) >= 11 is 0. The number of benzene rings is 1. The summed E-state index contributed by atoms with van der Waals surface area (Å²) in [5.74, 6) is 0.428. The molecule has 0 bridgehead atoms. The van der Waals surface area contributed by atoms with Gasteiger partial charge < -0.3 is 20.3 Å². The number of carbonyl (C=O) groups is 2. The molecule has 0 saturated carbocycles. The van der Waals surface area contributed by atoms with Crippen molar-refractivity contribution in [1.29, 1.82) is 0 Å². The number of nitrogens with zero attached hydrogens (tertiary/aromatic N) is 2. The van der Waals surface area contributed by atoms with Gasteiger partial charge in [-0.3, -0.25) is 9.78 Å². The lowest BCUT2D eigenvalue weighted by Crippen LogP contribution is -2.48. The summed E-state index contributed by atoms with van der Waals surface area (Å²) in [4.78, 5) is 30.4. The van der Waals surface area contributed by atoms with Gasteiger partial charge in [0.2, 0.25) is 5.91 Å². The SMILES string of the molecule is CNC(=O)[C@@H]1C[C@H](Oc2cccnc2)CN1C(=O)NCc1ccccc1. The first-order valence-corrected chi connectivity index (χ1v) is 8.54. The largest absolute Gasteiger partial charge is 0.487 e. The fraction of sp³-hybridized carbons (Fsp3) is 0.316. The predicted octanol–water partition coefficient (Wildman–Crippen LogP) is 1.56. The van der Waals surface area contributed by atoms with Crippen LogP contribution in [0.15, 0.2) is 54.9 Å². The Bertz CT molecular complexity index is 739. The van der Waals surface area contributed by atoms with Gasteiger partial charge in [-0.2, -0.15) is 0 Å². The second-order valence-corrected chi connectivity index (χ2v) is 6.09. The summed E-state index contributed by atoms with van der Waals surface area (Å²) in [5, 5.41) is 5.49. The molecule has 0 aliphatic carbocycles. The quantitative estimate of drug-likeness (QED) is 0.854. The van der Waals surface area contributed by atoms with Crippen LogP contribution in [-0.4, -0.2) is 47.6 Å². The van der Waals surface area contributed by atoms with E-state index in [0.29, 0.717) is 25.3 Å². The van der Waals surface area contributed by atoms with Crippen molar-refractivity contribution in [2.45, 2.75) is 25.1 Å². The number of hydrogen-bond donors (Lipinski definition) is 2. The van der Waals surface area contributed by atoms with Crippen LogP contribution < -0.4 is 15.4 Å². The first-order valence-electron chi connectivity index (χ1n) is 8.54. The number of nitrogens with one attached hydrogen (secondary N) is 2. The van der Waals surface area contributed by atoms with Gasteiger partial charge in [0.15, 0.2) is 0 Å². The van der Waals surface area contributed by atoms with Gasteiger partial charge in [-0.05, 0) is 17.7 Å². The molecule has 1 aromatic carbocycles. The van der Waals surface area contributed by atoms with Gasteiger partial charge in [-0.25, -0.2) is 4.79 Å². The monoisotopic (exact) mass is 354 g/mol. The van der Waals surface area contributed by atoms with Crippen LogP contribution in [0.25, 0.3) is 0 Å². The molecule has 136 valence electrons. The Balaban J connectivity index is 1.64. The van der Waals surface area contributed by atoms with Gasteiger partial charge in [0.1, 0.15) is 17.9 Å². The molecule has 26 heavy (non-hydrogen) atoms. The zero-order chi connectivity index (χ0) is 18.4. The molecule has 2 aromatic rings. The minimum Gasteiger partial charge on any atom is -0.487 e. The number of rotatable bonds is 5. The van der Waals surface area contributed by atoms with Gasteiger partial charge in [-0.15, -0.1) is 0 Å². The molecule has 2 N–H and O–H groups in total. The lowest BCUT2D eigenvalue weighted by atomic mass is 10.2. The summed E-state index contributed by atoms with van der Waals surface area (Å²) < 4.78 is 5.88. The Morgan fingerprint density at radius 2 is 2.04 bits per heavy atom. The molecule has 0 spiro atoms. The first-order chi connectivity index (χ1) is 12.7. The summed E-state index contributed by atoms with van der Waals surface area (Å²) in [6.07, 6.45) is 3.46. The highest BCUT2D eigenvalue weighted by molar-refractivity contribution is 5.87. The summed E-state index contributed by atoms with van der Waals surface area (Å²) in [7, 11) is 1.57. The van der Waals surface area contributed by atoms with E-state index in [0.717, 1.165) is 5.56 Å². The number of pyridine rings is 1. The molecule has 0 radical (unpaired) electrons. The van der Waals surface area contributed by atoms with E-state index in [2.05, 4.69) is 15.6 Å². The molecule has 2 heterocycles. The van der Waals surface area contributed by atoms with Gasteiger partial charge in [0.25, 0.3) is 0 Å². The Labute approximate surface area is 152 Å². The maximum atomic E-state index is 12.6. The van der Waals surface area contributed by atoms with Crippen LogP contribution in [0.5, 0.6) is 5.75 Å². The third-order valence-electron chi connectivity index (χ3n) is 4.30. The van der Waals surface area contributed by atoms with E-state index in [4.69, 9.17) is 4.74 Å². The molecular weight excluding hydrogens is 332 g/mol. The molecule has 3 amide bonds. The van der Waals surface area contributed by atoms with Gasteiger partial charge in [0, 0.05) is 26.2 Å². The Morgan fingerprint density at radius 3 is 2.73 bits per heavy atom. The second kappa shape index (κ2) is 8.33. The number of urea groups is 1. The van der Waals surface area contributed by atoms with Crippen LogP contribution in [0.2, 0.25) is 0 Å². The van der Waals surface area contributed by atoms with Gasteiger partial charge in [0.05, 0.1) is 12.7 Å². The van der Waals surface area contributed by atoms with Crippen LogP contribution in [-0.2, 0) is 11.3 Å². The van der Waals surface area contributed by atoms with Crippen LogP contribution in [0.4, 0.5) is 4.79 Å². The van der Waals surface area contributed by atoms with Crippen LogP contribution >= 0.6 is 0 Å². The van der Waals surface area contributed by atoms with Crippen LogP contribution in [0, 0.1) is 0 Å². The van der Waals surface area contributed by atoms with Crippen molar-refractivity contribution in [3.05, 3.63) is 60.4 Å². The van der Waals surface area contributed by atoms with Crippen molar-refractivity contribution in [3.63, 3.8) is 0 Å². The lowest BCUT2D eigenvalue weighted by Gasteiger charge is -2.23. The number of likely N-dealkylation sites (N-methyl/N-ethyl adjacent to an activating group) is 1. The van der Waals surface area contributed by atoms with Crippen molar-refractivity contribution in [3.8, 4) is 5.75 Å². The van der Waals surface area contributed by atoms with Crippen molar-refractivity contribution in [2.75, 3.05) is 13.6 Å². The molecule has 1 aromatic heterocycles. The molecule has 1 saturated heterocycles. The smallest absolute Gasteiger partial charge is 0.318 e. The lowest BCUT2D eigenvalue weighted by molar-refractivity contribution is -0.124. The fourth-order valence-corrected chi connectivity index (χ4v) is 3.01. The van der Waals surface area contributed by atoms with E-state index < -0.39 is 6.04 Å². The average Bonchev–Trinajstić information content (AvgIpc) is 3.11. The second-order valence-electron chi connectivity index (χ2n) is 6.09. The summed E-state index contributed by atoms with van der Waals surface area (Å²) in [6, 6.07) is 12.4. The molecule has 1 fully saturated rings. The fourth-order valence-electron chi connectivity index (χ4n) is 3.01. The van der Waals surface area contributed by atoms with Crippen LogP contribution in [0.1, 0.15) is 12.0 Å². The molecule has 7 heteroatoms. The highest BCUT2D eigenvalue weighted by Crippen LogP contribution is 2.23. The van der Waals surface area contributed by atoms with E-state index >= 15 is 0 Å². The average molecular weight is 354 g/mol. The number of carbonyl (C=O) groups excluding carboxylic acids is 2. The Kier molecular flexibility index (Phi) is 5.68. The minimum atomic E-state index is -0.558. The van der Waals surface area contributed by atoms with Crippen molar-refractivity contribution < 1.29 is 14.3 Å². The maximum Gasteiger partial charge on any atom is 0.318 e. The topological polar surface area (TPSA) is 83.6 Å². The van der Waals surface area contributed by atoms with E-state index in [1.54, 1.807) is 31.6 Å². The maximum absolute atomic E-state index is 12.6. The Morgan fingerprint density at radius 1 is 1.23 bits per heavy atom. The molecule has 7 nitrogen and oxygen atoms in total. The van der Waals surface area contributed by atoms with E-state index in [-0.39, 0.29) is 18.0 Å². The third kappa shape index (κ3) is 4.30. The normalized spacial score (nSPS) is 19.0. The van der Waals surface area contributed by atoms with E-state index in [9.17, 15) is 9.59 Å². The van der Waals surface area contributed by atoms with Crippen molar-refractivity contribution in [1.82, 2.24) is 20.5 Å². The zero-order valence-electron chi connectivity index (χ0n) is 14.6. The molecule has 0 unspecified atom stereocenters. The number of likely N-dealkylation sites (tertiary alicyclic amines) is 1. The van der Waals surface area contributed by atoms with Crippen LogP contribution in [0.3, 0.4) is 0 Å². The number of hydrogen-bond acceptors (Lipinski definition) is 4. The van der Waals surface area contributed by atoms with Crippen molar-refractivity contribution in [2.24, 2.45) is 0 Å². The molecular formula is C19H22N4O3. The van der Waals surface area contributed by atoms with Crippen molar-refractivity contribution >= 4 is 11.9 Å². The van der Waals surface area contributed by atoms with E-state index in [1.807, 2.05) is 30.3 Å². The number of aromatic nitrogens is 1.